The Morgan fingerprint density at radius 1 is 0.966 bits per heavy atom. The number of pyridine rings is 2. The van der Waals surface area contributed by atoms with E-state index >= 15 is 0 Å². The number of rotatable bonds is 5. The average Bonchev–Trinajstić information content (AvgIpc) is 2.74. The predicted octanol–water partition coefficient (Wildman–Crippen LogP) is 3.41. The van der Waals surface area contributed by atoms with Gasteiger partial charge in [0.25, 0.3) is 5.91 Å². The molecule has 2 heterocycles. The fraction of sp³-hybridized carbons (Fsp3) is 0.0870. The van der Waals surface area contributed by atoms with Crippen molar-refractivity contribution in [1.82, 2.24) is 9.55 Å². The van der Waals surface area contributed by atoms with E-state index in [1.807, 2.05) is 24.3 Å². The molecule has 4 aromatic rings. The fourth-order valence-corrected chi connectivity index (χ4v) is 3.36. The molecule has 0 unspecified atom stereocenters. The van der Waals surface area contributed by atoms with E-state index in [1.165, 1.54) is 18.3 Å². The molecule has 144 valence electrons. The number of nitrogens with two attached hydrogens (primary N) is 1. The number of halogens is 1. The van der Waals surface area contributed by atoms with E-state index < -0.39 is 11.3 Å². The monoisotopic (exact) mass is 387 g/mol. The highest BCUT2D eigenvalue weighted by Gasteiger charge is 2.14. The van der Waals surface area contributed by atoms with Gasteiger partial charge < -0.3 is 10.3 Å². The molecule has 0 aliphatic rings. The second-order valence-corrected chi connectivity index (χ2v) is 6.79. The highest BCUT2D eigenvalue weighted by molar-refractivity contribution is 5.96. The summed E-state index contributed by atoms with van der Waals surface area (Å²) in [6.07, 6.45) is 6.44. The first-order valence-corrected chi connectivity index (χ1v) is 9.16. The largest absolute Gasteiger partial charge is 0.365 e. The highest BCUT2D eigenvalue weighted by atomic mass is 19.1. The summed E-state index contributed by atoms with van der Waals surface area (Å²) in [6.45, 7) is 0. The smallest absolute Gasteiger partial charge is 0.254 e. The summed E-state index contributed by atoms with van der Waals surface area (Å²) in [5.74, 6) is -1.16. The molecule has 0 fully saturated rings. The number of primary amides is 1. The van der Waals surface area contributed by atoms with Crippen molar-refractivity contribution in [3.05, 3.63) is 106 Å². The molecular formula is C23H18FN3O2. The van der Waals surface area contributed by atoms with Crippen LogP contribution in [-0.4, -0.2) is 15.5 Å². The number of carbonyl (C=O) groups is 1. The lowest BCUT2D eigenvalue weighted by molar-refractivity contribution is 0.0999. The Hall–Kier alpha value is -3.80. The van der Waals surface area contributed by atoms with Gasteiger partial charge in [-0.05, 0) is 72.5 Å². The van der Waals surface area contributed by atoms with Crippen LogP contribution in [0.1, 0.15) is 21.5 Å². The molecule has 5 nitrogen and oxygen atoms in total. The van der Waals surface area contributed by atoms with Crippen LogP contribution >= 0.6 is 0 Å². The van der Waals surface area contributed by atoms with Crippen molar-refractivity contribution in [2.24, 2.45) is 5.73 Å². The van der Waals surface area contributed by atoms with Crippen LogP contribution in [0.15, 0.2) is 78.0 Å². The van der Waals surface area contributed by atoms with Crippen molar-refractivity contribution in [2.75, 3.05) is 0 Å². The first-order valence-electron chi connectivity index (χ1n) is 9.16. The molecule has 0 radical (unpaired) electrons. The van der Waals surface area contributed by atoms with Gasteiger partial charge in [-0.1, -0.05) is 6.07 Å². The molecule has 6 heteroatoms. The van der Waals surface area contributed by atoms with E-state index in [-0.39, 0.29) is 11.4 Å². The van der Waals surface area contributed by atoms with Crippen LogP contribution in [0, 0.1) is 5.82 Å². The maximum atomic E-state index is 13.3. The lowest BCUT2D eigenvalue weighted by atomic mass is 10.0. The third kappa shape index (κ3) is 3.78. The average molecular weight is 387 g/mol. The van der Waals surface area contributed by atoms with Crippen LogP contribution in [0.5, 0.6) is 0 Å². The van der Waals surface area contributed by atoms with Crippen molar-refractivity contribution in [2.45, 2.75) is 12.8 Å². The van der Waals surface area contributed by atoms with E-state index in [9.17, 15) is 14.0 Å². The van der Waals surface area contributed by atoms with Crippen molar-refractivity contribution in [3.8, 4) is 5.69 Å². The van der Waals surface area contributed by atoms with Crippen molar-refractivity contribution in [1.29, 1.82) is 0 Å². The van der Waals surface area contributed by atoms with Crippen LogP contribution in [0.25, 0.3) is 16.6 Å². The third-order valence-electron chi connectivity index (χ3n) is 4.89. The molecule has 2 aromatic heterocycles. The zero-order chi connectivity index (χ0) is 20.4. The Labute approximate surface area is 166 Å². The van der Waals surface area contributed by atoms with E-state index in [4.69, 9.17) is 5.73 Å². The van der Waals surface area contributed by atoms with Crippen LogP contribution in [0.4, 0.5) is 4.39 Å². The van der Waals surface area contributed by atoms with Gasteiger partial charge >= 0.3 is 0 Å². The number of benzene rings is 2. The molecule has 0 atom stereocenters. The maximum absolute atomic E-state index is 13.3. The molecule has 2 aromatic carbocycles. The summed E-state index contributed by atoms with van der Waals surface area (Å²) in [4.78, 5) is 28.7. The van der Waals surface area contributed by atoms with Gasteiger partial charge in [-0.15, -0.1) is 0 Å². The standard InChI is InChI=1S/C23H18FN3O2/c24-17-4-6-18(7-5-17)27-14-20(23(25)29)22(28)19-13-16(3-8-21(19)27)2-1-15-9-11-26-12-10-15/h3-14H,1-2H2,(H2,25,29). The SMILES string of the molecule is NC(=O)c1cn(-c2ccc(F)cc2)c2ccc(CCc3ccncc3)cc2c1=O. The Morgan fingerprint density at radius 3 is 2.34 bits per heavy atom. The number of amides is 1. The summed E-state index contributed by atoms with van der Waals surface area (Å²) in [5.41, 5.74) is 8.29. The van der Waals surface area contributed by atoms with Crippen LogP contribution < -0.4 is 11.2 Å². The van der Waals surface area contributed by atoms with Gasteiger partial charge in [0.15, 0.2) is 0 Å². The quantitative estimate of drug-likeness (QED) is 0.570. The second kappa shape index (κ2) is 7.67. The first-order chi connectivity index (χ1) is 14.0. The lowest BCUT2D eigenvalue weighted by Gasteiger charge is -2.14. The van der Waals surface area contributed by atoms with Gasteiger partial charge in [0.05, 0.1) is 5.52 Å². The Kier molecular flexibility index (Phi) is 4.91. The zero-order valence-electron chi connectivity index (χ0n) is 15.5. The molecule has 0 bridgehead atoms. The highest BCUT2D eigenvalue weighted by Crippen LogP contribution is 2.20. The molecule has 0 spiro atoms. The number of hydrogen-bond acceptors (Lipinski definition) is 3. The molecule has 1 amide bonds. The fourth-order valence-electron chi connectivity index (χ4n) is 3.36. The number of carbonyl (C=O) groups excluding carboxylic acids is 1. The minimum absolute atomic E-state index is 0.104. The molecular weight excluding hydrogens is 369 g/mol. The second-order valence-electron chi connectivity index (χ2n) is 6.79. The van der Waals surface area contributed by atoms with Crippen molar-refractivity contribution in [3.63, 3.8) is 0 Å². The van der Waals surface area contributed by atoms with E-state index in [0.29, 0.717) is 16.6 Å². The number of aromatic nitrogens is 2. The van der Waals surface area contributed by atoms with Gasteiger partial charge in [-0.3, -0.25) is 14.6 Å². The van der Waals surface area contributed by atoms with Crippen LogP contribution in [0.3, 0.4) is 0 Å². The minimum atomic E-state index is -0.796. The predicted molar refractivity (Wildman–Crippen MR) is 110 cm³/mol. The van der Waals surface area contributed by atoms with Gasteiger partial charge in [-0.2, -0.15) is 0 Å². The first kappa shape index (κ1) is 18.6. The Morgan fingerprint density at radius 2 is 1.66 bits per heavy atom. The molecule has 0 aliphatic carbocycles. The van der Waals surface area contributed by atoms with Crippen molar-refractivity contribution < 1.29 is 9.18 Å². The molecule has 2 N–H and O–H groups in total. The van der Waals surface area contributed by atoms with Crippen LogP contribution in [-0.2, 0) is 12.8 Å². The lowest BCUT2D eigenvalue weighted by Crippen LogP contribution is -2.24. The van der Waals surface area contributed by atoms with Gasteiger partial charge in [0, 0.05) is 29.7 Å². The summed E-state index contributed by atoms with van der Waals surface area (Å²) in [6, 6.07) is 15.3. The van der Waals surface area contributed by atoms with E-state index in [1.54, 1.807) is 35.2 Å². The number of hydrogen-bond donors (Lipinski definition) is 1. The van der Waals surface area contributed by atoms with Gasteiger partial charge in [0.2, 0.25) is 5.43 Å². The Bertz CT molecular complexity index is 1250. The number of aryl methyl sites for hydroxylation is 2. The van der Waals surface area contributed by atoms with Gasteiger partial charge in [0.1, 0.15) is 11.4 Å². The Balaban J connectivity index is 1.82. The van der Waals surface area contributed by atoms with Crippen molar-refractivity contribution >= 4 is 16.8 Å². The maximum Gasteiger partial charge on any atom is 0.254 e. The summed E-state index contributed by atoms with van der Waals surface area (Å²) < 4.78 is 15.0. The molecule has 0 saturated heterocycles. The summed E-state index contributed by atoms with van der Waals surface area (Å²) in [7, 11) is 0. The third-order valence-corrected chi connectivity index (χ3v) is 4.89. The molecule has 0 aliphatic heterocycles. The van der Waals surface area contributed by atoms with E-state index in [0.717, 1.165) is 24.0 Å². The molecule has 4 rings (SSSR count). The zero-order valence-corrected chi connectivity index (χ0v) is 15.5. The normalized spacial score (nSPS) is 10.9. The minimum Gasteiger partial charge on any atom is -0.365 e. The summed E-state index contributed by atoms with van der Waals surface area (Å²) >= 11 is 0. The molecule has 0 saturated carbocycles. The van der Waals surface area contributed by atoms with Gasteiger partial charge in [-0.25, -0.2) is 4.39 Å². The summed E-state index contributed by atoms with van der Waals surface area (Å²) in [5, 5.41) is 0.401. The topological polar surface area (TPSA) is 78.0 Å². The number of fused-ring (bicyclic) bond motifs is 1. The molecule has 29 heavy (non-hydrogen) atoms. The number of nitrogens with zero attached hydrogens (tertiary/aromatic N) is 2. The van der Waals surface area contributed by atoms with Crippen LogP contribution in [0.2, 0.25) is 0 Å². The van der Waals surface area contributed by atoms with E-state index in [2.05, 4.69) is 4.98 Å².